The van der Waals surface area contributed by atoms with Crippen molar-refractivity contribution in [2.75, 3.05) is 0 Å². The molecular formula is C2H2Cl3FO3S. The largest absolute Gasteiger partial charge is 0.337 e. The highest BCUT2D eigenvalue weighted by Crippen LogP contribution is 2.33. The standard InChI is InChI=1S/C2H2Cl3FO3S/c3-1(4)2(5,6)10(7,8)9/h1H,(H,7,8,9). The van der Waals surface area contributed by atoms with Crippen LogP contribution in [0.25, 0.3) is 0 Å². The summed E-state index contributed by atoms with van der Waals surface area (Å²) in [5.41, 5.74) is 0. The molecule has 0 aliphatic heterocycles. The smallest absolute Gasteiger partial charge is 0.282 e. The molecule has 0 amide bonds. The monoisotopic (exact) mass is 230 g/mol. The van der Waals surface area contributed by atoms with Crippen molar-refractivity contribution in [1.29, 1.82) is 0 Å². The third-order valence-corrected chi connectivity index (χ3v) is 3.41. The summed E-state index contributed by atoms with van der Waals surface area (Å²) < 4.78 is 36.8. The molecule has 1 atom stereocenters. The zero-order valence-electron chi connectivity index (χ0n) is 4.26. The second-order valence-corrected chi connectivity index (χ2v) is 4.75. The third-order valence-electron chi connectivity index (χ3n) is 0.598. The van der Waals surface area contributed by atoms with Crippen LogP contribution in [0.4, 0.5) is 4.39 Å². The lowest BCUT2D eigenvalue weighted by Gasteiger charge is -2.13. The molecular weight excluding hydrogens is 229 g/mol. The molecule has 62 valence electrons. The summed E-state index contributed by atoms with van der Waals surface area (Å²) in [7, 11) is -5.07. The number of halogens is 4. The second-order valence-electron chi connectivity index (χ2n) is 1.34. The van der Waals surface area contributed by atoms with Gasteiger partial charge in [-0.05, 0) is 0 Å². The van der Waals surface area contributed by atoms with Gasteiger partial charge in [0.2, 0.25) is 0 Å². The number of alkyl halides is 4. The molecule has 0 aromatic rings. The highest BCUT2D eigenvalue weighted by molar-refractivity contribution is 7.88. The van der Waals surface area contributed by atoms with E-state index in [1.165, 1.54) is 0 Å². The van der Waals surface area contributed by atoms with Crippen molar-refractivity contribution in [3.05, 3.63) is 0 Å². The van der Waals surface area contributed by atoms with Gasteiger partial charge in [0, 0.05) is 0 Å². The summed E-state index contributed by atoms with van der Waals surface area (Å²) in [6.45, 7) is 0. The summed E-state index contributed by atoms with van der Waals surface area (Å²) in [5, 5.41) is 0. The summed E-state index contributed by atoms with van der Waals surface area (Å²) in [4.78, 5) is -2.04. The molecule has 0 fully saturated rings. The average molecular weight is 231 g/mol. The fourth-order valence-corrected chi connectivity index (χ4v) is 1.01. The van der Waals surface area contributed by atoms with Crippen LogP contribution in [0.3, 0.4) is 0 Å². The maximum atomic E-state index is 12.4. The van der Waals surface area contributed by atoms with E-state index in [1.807, 2.05) is 0 Å². The van der Waals surface area contributed by atoms with Gasteiger partial charge in [0.15, 0.2) is 4.84 Å². The Morgan fingerprint density at radius 1 is 1.50 bits per heavy atom. The molecule has 1 unspecified atom stereocenters. The Morgan fingerprint density at radius 2 is 1.80 bits per heavy atom. The SMILES string of the molecule is O=S(=O)(O)C(F)(Cl)C(Cl)Cl. The van der Waals surface area contributed by atoms with Crippen LogP contribution in [0.5, 0.6) is 0 Å². The van der Waals surface area contributed by atoms with Crippen LogP contribution in [0.15, 0.2) is 0 Å². The van der Waals surface area contributed by atoms with Crippen LogP contribution < -0.4 is 0 Å². The molecule has 8 heteroatoms. The highest BCUT2D eigenvalue weighted by Gasteiger charge is 2.47. The summed E-state index contributed by atoms with van der Waals surface area (Å²) in [6.07, 6.45) is 0. The van der Waals surface area contributed by atoms with Crippen LogP contribution in [-0.4, -0.2) is 22.3 Å². The molecule has 3 nitrogen and oxygen atoms in total. The van der Waals surface area contributed by atoms with Crippen LogP contribution in [-0.2, 0) is 10.1 Å². The van der Waals surface area contributed by atoms with Gasteiger partial charge in [-0.2, -0.15) is 8.42 Å². The minimum absolute atomic E-state index is 2.04. The minimum Gasteiger partial charge on any atom is -0.282 e. The maximum Gasteiger partial charge on any atom is 0.337 e. The van der Waals surface area contributed by atoms with E-state index in [0.717, 1.165) is 0 Å². The van der Waals surface area contributed by atoms with E-state index in [9.17, 15) is 12.8 Å². The molecule has 0 saturated heterocycles. The Hall–Kier alpha value is 0.710. The van der Waals surface area contributed by atoms with Gasteiger partial charge in [0.05, 0.1) is 0 Å². The first kappa shape index (κ1) is 10.7. The van der Waals surface area contributed by atoms with E-state index in [4.69, 9.17) is 27.8 Å². The molecule has 0 aliphatic carbocycles. The maximum absolute atomic E-state index is 12.4. The van der Waals surface area contributed by atoms with Crippen LogP contribution in [0, 0.1) is 0 Å². The Labute approximate surface area is 71.8 Å². The van der Waals surface area contributed by atoms with E-state index in [0.29, 0.717) is 0 Å². The van der Waals surface area contributed by atoms with Gasteiger partial charge in [-0.3, -0.25) is 4.55 Å². The topological polar surface area (TPSA) is 54.4 Å². The first-order chi connectivity index (χ1) is 4.19. The lowest BCUT2D eigenvalue weighted by Crippen LogP contribution is -2.33. The molecule has 0 heterocycles. The molecule has 1 N–H and O–H groups in total. The number of hydrogen-bond donors (Lipinski definition) is 1. The molecule has 0 bridgehead atoms. The van der Waals surface area contributed by atoms with Crippen molar-refractivity contribution in [2.24, 2.45) is 0 Å². The van der Waals surface area contributed by atoms with E-state index in [1.54, 1.807) is 0 Å². The van der Waals surface area contributed by atoms with Crippen LogP contribution >= 0.6 is 34.8 Å². The van der Waals surface area contributed by atoms with Crippen molar-refractivity contribution in [3.8, 4) is 0 Å². The molecule has 0 rings (SSSR count). The van der Waals surface area contributed by atoms with Gasteiger partial charge in [-0.1, -0.05) is 34.8 Å². The Morgan fingerprint density at radius 3 is 1.80 bits per heavy atom. The highest BCUT2D eigenvalue weighted by atomic mass is 35.5. The predicted octanol–water partition coefficient (Wildman–Crippen LogP) is 1.54. The fourth-order valence-electron chi connectivity index (χ4n) is 0.113. The zero-order chi connectivity index (χ0) is 8.58. The van der Waals surface area contributed by atoms with Gasteiger partial charge in [0.25, 0.3) is 0 Å². The van der Waals surface area contributed by atoms with Crippen LogP contribution in [0.2, 0.25) is 0 Å². The molecule has 0 saturated carbocycles. The zero-order valence-corrected chi connectivity index (χ0v) is 7.35. The molecule has 10 heavy (non-hydrogen) atoms. The van der Waals surface area contributed by atoms with Crippen molar-refractivity contribution in [2.45, 2.75) is 9.30 Å². The van der Waals surface area contributed by atoms with E-state index in [2.05, 4.69) is 11.6 Å². The van der Waals surface area contributed by atoms with Crippen molar-refractivity contribution >= 4 is 44.9 Å². The molecule has 0 spiro atoms. The lowest BCUT2D eigenvalue weighted by atomic mass is 10.9. The first-order valence-electron chi connectivity index (χ1n) is 1.82. The minimum atomic E-state index is -5.07. The summed E-state index contributed by atoms with van der Waals surface area (Å²) in [5.74, 6) is 0. The molecule has 0 aliphatic rings. The molecule has 0 aromatic carbocycles. The van der Waals surface area contributed by atoms with Gasteiger partial charge in [-0.15, -0.1) is 0 Å². The third kappa shape index (κ3) is 2.10. The first-order valence-corrected chi connectivity index (χ1v) is 4.51. The van der Waals surface area contributed by atoms with Crippen molar-refractivity contribution in [3.63, 3.8) is 0 Å². The molecule has 0 aromatic heterocycles. The second kappa shape index (κ2) is 2.98. The fraction of sp³-hybridized carbons (Fsp3) is 1.00. The predicted molar refractivity (Wildman–Crippen MR) is 36.7 cm³/mol. The Balaban J connectivity index is 4.76. The van der Waals surface area contributed by atoms with E-state index >= 15 is 0 Å². The quantitative estimate of drug-likeness (QED) is 0.579. The molecule has 0 radical (unpaired) electrons. The van der Waals surface area contributed by atoms with Gasteiger partial charge >= 0.3 is 14.6 Å². The number of rotatable bonds is 2. The van der Waals surface area contributed by atoms with Crippen LogP contribution in [0.1, 0.15) is 0 Å². The lowest BCUT2D eigenvalue weighted by molar-refractivity contribution is 0.349. The summed E-state index contributed by atoms with van der Waals surface area (Å²) >= 11 is 14.1. The van der Waals surface area contributed by atoms with Gasteiger partial charge in [0.1, 0.15) is 0 Å². The number of hydrogen-bond acceptors (Lipinski definition) is 2. The van der Waals surface area contributed by atoms with Crippen molar-refractivity contribution < 1.29 is 17.4 Å². The van der Waals surface area contributed by atoms with Gasteiger partial charge < -0.3 is 0 Å². The Kier molecular flexibility index (Phi) is 3.20. The normalized spacial score (nSPS) is 19.0. The van der Waals surface area contributed by atoms with Crippen molar-refractivity contribution in [1.82, 2.24) is 0 Å². The Bertz CT molecular complexity index is 210. The van der Waals surface area contributed by atoms with E-state index in [-0.39, 0.29) is 0 Å². The average Bonchev–Trinajstić information content (AvgIpc) is 1.62. The van der Waals surface area contributed by atoms with E-state index < -0.39 is 19.4 Å². The van der Waals surface area contributed by atoms with Gasteiger partial charge in [-0.25, -0.2) is 4.39 Å². The summed E-state index contributed by atoms with van der Waals surface area (Å²) in [6, 6.07) is 0.